The number of nitrogens with zero attached hydrogens (tertiary/aromatic N) is 3. The van der Waals surface area contributed by atoms with Crippen LogP contribution in [0, 0.1) is 0 Å². The highest BCUT2D eigenvalue weighted by Crippen LogP contribution is 2.36. The van der Waals surface area contributed by atoms with E-state index >= 15 is 0 Å². The van der Waals surface area contributed by atoms with E-state index in [1.54, 1.807) is 0 Å². The molecule has 1 atom stereocenters. The second-order valence-corrected chi connectivity index (χ2v) is 5.75. The average Bonchev–Trinajstić information content (AvgIpc) is 3.08. The fourth-order valence-electron chi connectivity index (χ4n) is 2.73. The smallest absolute Gasteiger partial charge is 0.345 e. The molecule has 1 aliphatic heterocycles. The quantitative estimate of drug-likeness (QED) is 0.573. The van der Waals surface area contributed by atoms with E-state index in [-0.39, 0.29) is 24.0 Å². The number of hydrogen-bond acceptors (Lipinski definition) is 5. The number of aromatic nitrogens is 3. The van der Waals surface area contributed by atoms with Crippen molar-refractivity contribution in [3.8, 4) is 17.0 Å². The van der Waals surface area contributed by atoms with E-state index in [1.165, 1.54) is 19.2 Å². The van der Waals surface area contributed by atoms with Crippen molar-refractivity contribution < 1.29 is 31.8 Å². The molecule has 2 aromatic rings. The van der Waals surface area contributed by atoms with Crippen molar-refractivity contribution in [2.75, 3.05) is 6.61 Å². The van der Waals surface area contributed by atoms with Gasteiger partial charge in [0.25, 0.3) is 0 Å². The van der Waals surface area contributed by atoms with Gasteiger partial charge in [-0.25, -0.2) is 9.67 Å². The molecule has 3 rings (SSSR count). The molecule has 26 heavy (non-hydrogen) atoms. The van der Waals surface area contributed by atoms with Gasteiger partial charge in [-0.1, -0.05) is 0 Å². The Bertz CT molecular complexity index is 810. The number of halogens is 4. The number of carbonyl (C=O) groups is 1. The van der Waals surface area contributed by atoms with Gasteiger partial charge in [-0.05, 0) is 24.5 Å². The number of ketones is 1. The standard InChI is InChI=1S/C16H15F4N3O3/c1-8(24)13-4-12(9-5-21-23(6-9)15(17)18)11-3-2-10(7-25-16(19)20)26-14(11)22-13/h4-6,10,15-16H,2-3,7H2,1H3/t10-/m0/s1. The fourth-order valence-corrected chi connectivity index (χ4v) is 2.73. The van der Waals surface area contributed by atoms with Crippen LogP contribution in [0.15, 0.2) is 18.5 Å². The molecule has 3 heterocycles. The predicted molar refractivity (Wildman–Crippen MR) is 81.4 cm³/mol. The highest BCUT2D eigenvalue weighted by molar-refractivity contribution is 5.94. The summed E-state index contributed by atoms with van der Waals surface area (Å²) in [5.74, 6) is -0.225. The van der Waals surface area contributed by atoms with Gasteiger partial charge >= 0.3 is 13.2 Å². The minimum absolute atomic E-state index is 0.0824. The third-order valence-corrected chi connectivity index (χ3v) is 3.96. The van der Waals surface area contributed by atoms with Crippen LogP contribution in [-0.2, 0) is 11.2 Å². The number of carbonyl (C=O) groups excluding carboxylic acids is 1. The summed E-state index contributed by atoms with van der Waals surface area (Å²) in [6.07, 6.45) is 2.58. The molecule has 0 aliphatic carbocycles. The molecule has 140 valence electrons. The maximum atomic E-state index is 12.8. The number of hydrogen-bond donors (Lipinski definition) is 0. The van der Waals surface area contributed by atoms with Gasteiger partial charge in [-0.3, -0.25) is 4.79 Å². The first-order valence-electron chi connectivity index (χ1n) is 7.79. The Kier molecular flexibility index (Phi) is 5.21. The van der Waals surface area contributed by atoms with Gasteiger partial charge in [0, 0.05) is 24.2 Å². The Morgan fingerprint density at radius 3 is 2.81 bits per heavy atom. The average molecular weight is 373 g/mol. The zero-order valence-corrected chi connectivity index (χ0v) is 13.7. The first-order chi connectivity index (χ1) is 12.3. The molecule has 0 aromatic carbocycles. The summed E-state index contributed by atoms with van der Waals surface area (Å²) in [5.41, 5.74) is 1.58. The lowest BCUT2D eigenvalue weighted by Crippen LogP contribution is -2.29. The Morgan fingerprint density at radius 1 is 1.42 bits per heavy atom. The molecule has 0 saturated carbocycles. The zero-order chi connectivity index (χ0) is 18.8. The molecular formula is C16H15F4N3O3. The van der Waals surface area contributed by atoms with Crippen molar-refractivity contribution in [2.24, 2.45) is 0 Å². The third-order valence-electron chi connectivity index (χ3n) is 3.96. The number of rotatable bonds is 6. The molecule has 6 nitrogen and oxygen atoms in total. The van der Waals surface area contributed by atoms with Crippen LogP contribution in [0.1, 0.15) is 35.9 Å². The SMILES string of the molecule is CC(=O)c1cc(-c2cnn(C(F)F)c2)c2c(n1)O[C@H](COC(F)F)CC2. The van der Waals surface area contributed by atoms with Crippen LogP contribution >= 0.6 is 0 Å². The fraction of sp³-hybridized carbons (Fsp3) is 0.438. The molecule has 10 heteroatoms. The first kappa shape index (κ1) is 18.3. The molecule has 0 bridgehead atoms. The summed E-state index contributed by atoms with van der Waals surface area (Å²) in [6, 6.07) is 1.49. The number of alkyl halides is 4. The van der Waals surface area contributed by atoms with Gasteiger partial charge in [-0.2, -0.15) is 22.7 Å². The van der Waals surface area contributed by atoms with Crippen molar-refractivity contribution in [1.29, 1.82) is 0 Å². The summed E-state index contributed by atoms with van der Waals surface area (Å²) in [4.78, 5) is 15.9. The summed E-state index contributed by atoms with van der Waals surface area (Å²) in [5, 5.41) is 3.60. The highest BCUT2D eigenvalue weighted by atomic mass is 19.3. The van der Waals surface area contributed by atoms with Gasteiger partial charge in [0.1, 0.15) is 11.8 Å². The lowest BCUT2D eigenvalue weighted by Gasteiger charge is -2.26. The topological polar surface area (TPSA) is 66.2 Å². The summed E-state index contributed by atoms with van der Waals surface area (Å²) in [7, 11) is 0. The highest BCUT2D eigenvalue weighted by Gasteiger charge is 2.27. The van der Waals surface area contributed by atoms with E-state index in [0.29, 0.717) is 34.2 Å². The maximum absolute atomic E-state index is 12.8. The van der Waals surface area contributed by atoms with Crippen LogP contribution in [0.4, 0.5) is 17.6 Å². The molecular weight excluding hydrogens is 358 g/mol. The van der Waals surface area contributed by atoms with Crippen molar-refractivity contribution in [1.82, 2.24) is 14.8 Å². The van der Waals surface area contributed by atoms with E-state index in [4.69, 9.17) is 4.74 Å². The first-order valence-corrected chi connectivity index (χ1v) is 7.79. The number of Topliss-reactive ketones (excluding diaryl/α,β-unsaturated/α-hetero) is 1. The summed E-state index contributed by atoms with van der Waals surface area (Å²) < 4.78 is 60.3. The maximum Gasteiger partial charge on any atom is 0.345 e. The van der Waals surface area contributed by atoms with Crippen molar-refractivity contribution in [3.05, 3.63) is 29.7 Å². The monoisotopic (exact) mass is 373 g/mol. The Hall–Kier alpha value is -2.49. The van der Waals surface area contributed by atoms with Gasteiger partial charge < -0.3 is 9.47 Å². The van der Waals surface area contributed by atoms with Gasteiger partial charge in [0.05, 0.1) is 12.8 Å². The molecule has 0 fully saturated rings. The molecule has 0 amide bonds. The lowest BCUT2D eigenvalue weighted by molar-refractivity contribution is -0.146. The Labute approximate surface area is 145 Å². The van der Waals surface area contributed by atoms with Gasteiger partial charge in [0.15, 0.2) is 5.78 Å². The second-order valence-electron chi connectivity index (χ2n) is 5.75. The van der Waals surface area contributed by atoms with Crippen molar-refractivity contribution in [3.63, 3.8) is 0 Å². The van der Waals surface area contributed by atoms with E-state index in [0.717, 1.165) is 6.20 Å². The zero-order valence-electron chi connectivity index (χ0n) is 13.7. The van der Waals surface area contributed by atoms with Crippen LogP contribution in [0.2, 0.25) is 0 Å². The largest absolute Gasteiger partial charge is 0.472 e. The van der Waals surface area contributed by atoms with E-state index in [9.17, 15) is 22.4 Å². The Morgan fingerprint density at radius 2 is 2.19 bits per heavy atom. The number of ether oxygens (including phenoxy) is 2. The molecule has 0 N–H and O–H groups in total. The molecule has 2 aromatic heterocycles. The van der Waals surface area contributed by atoms with Crippen LogP contribution in [-0.4, -0.2) is 39.9 Å². The van der Waals surface area contributed by atoms with E-state index in [1.807, 2.05) is 0 Å². The summed E-state index contributed by atoms with van der Waals surface area (Å²) in [6.45, 7) is -4.71. The molecule has 0 saturated heterocycles. The number of fused-ring (bicyclic) bond motifs is 1. The minimum atomic E-state index is -2.91. The van der Waals surface area contributed by atoms with Crippen LogP contribution < -0.4 is 4.74 Å². The minimum Gasteiger partial charge on any atom is -0.472 e. The van der Waals surface area contributed by atoms with Crippen LogP contribution in [0.25, 0.3) is 11.1 Å². The van der Waals surface area contributed by atoms with E-state index in [2.05, 4.69) is 14.8 Å². The number of pyridine rings is 1. The summed E-state index contributed by atoms with van der Waals surface area (Å²) >= 11 is 0. The van der Waals surface area contributed by atoms with Crippen LogP contribution in [0.5, 0.6) is 5.88 Å². The third kappa shape index (κ3) is 3.85. The van der Waals surface area contributed by atoms with Crippen LogP contribution in [0.3, 0.4) is 0 Å². The molecule has 0 spiro atoms. The molecule has 1 aliphatic rings. The van der Waals surface area contributed by atoms with Gasteiger partial charge in [0.2, 0.25) is 5.88 Å². The second kappa shape index (κ2) is 7.40. The molecule has 0 unspecified atom stereocenters. The van der Waals surface area contributed by atoms with E-state index < -0.39 is 19.3 Å². The van der Waals surface area contributed by atoms with Crippen molar-refractivity contribution in [2.45, 2.75) is 39.0 Å². The predicted octanol–water partition coefficient (Wildman–Crippen LogP) is 3.48. The Balaban J connectivity index is 1.96. The van der Waals surface area contributed by atoms with Gasteiger partial charge in [-0.15, -0.1) is 0 Å². The lowest BCUT2D eigenvalue weighted by atomic mass is 9.95. The normalized spacial score (nSPS) is 16.7. The van der Waals surface area contributed by atoms with Crippen molar-refractivity contribution >= 4 is 5.78 Å². The molecule has 0 radical (unpaired) electrons.